The fraction of sp³-hybridized carbons (Fsp3) is 1.00. The van der Waals surface area contributed by atoms with Crippen LogP contribution >= 0.6 is 22.6 Å². The molecule has 0 fully saturated rings. The Balaban J connectivity index is 4.54. The average Bonchev–Trinajstić information content (AvgIpc) is 1.90. The van der Waals surface area contributed by atoms with E-state index < -0.39 is 8.56 Å². The third-order valence-electron chi connectivity index (χ3n) is 1.98. The number of halogens is 1. The predicted molar refractivity (Wildman–Crippen MR) is 58.4 cm³/mol. The van der Waals surface area contributed by atoms with Crippen molar-refractivity contribution >= 4 is 31.2 Å². The van der Waals surface area contributed by atoms with Gasteiger partial charge in [0, 0.05) is 23.3 Å². The van der Waals surface area contributed by atoms with Crippen LogP contribution in [0.25, 0.3) is 0 Å². The van der Waals surface area contributed by atoms with Crippen molar-refractivity contribution in [3.8, 4) is 0 Å². The number of alkyl halides is 1. The van der Waals surface area contributed by atoms with E-state index in [0.717, 1.165) is 4.05 Å². The Morgan fingerprint density at radius 1 is 1.18 bits per heavy atom. The zero-order valence-electron chi connectivity index (χ0n) is 7.90. The van der Waals surface area contributed by atoms with Gasteiger partial charge >= 0.3 is 8.56 Å². The van der Waals surface area contributed by atoms with Gasteiger partial charge in [-0.1, -0.05) is 43.4 Å². The molecule has 0 aliphatic heterocycles. The minimum absolute atomic E-state index is 0.150. The zero-order chi connectivity index (χ0) is 9.12. The molecule has 11 heavy (non-hydrogen) atoms. The summed E-state index contributed by atoms with van der Waals surface area (Å²) in [7, 11) is 1.57. The highest BCUT2D eigenvalue weighted by Crippen LogP contribution is 2.37. The Bertz CT molecular complexity index is 110. The topological polar surface area (TPSA) is 18.5 Å². The lowest BCUT2D eigenvalue weighted by Gasteiger charge is -2.37. The van der Waals surface area contributed by atoms with Crippen LogP contribution < -0.4 is 0 Å². The van der Waals surface area contributed by atoms with Gasteiger partial charge in [-0.2, -0.15) is 0 Å². The van der Waals surface area contributed by atoms with Crippen molar-refractivity contribution in [3.63, 3.8) is 0 Å². The summed E-state index contributed by atoms with van der Waals surface area (Å²) in [5.74, 6) is 0. The highest BCUT2D eigenvalue weighted by atomic mass is 127. The summed E-state index contributed by atoms with van der Waals surface area (Å²) in [5.41, 5.74) is 0. The Kier molecular flexibility index (Phi) is 4.53. The molecule has 0 aliphatic rings. The molecule has 0 bridgehead atoms. The molecule has 0 heterocycles. The predicted octanol–water partition coefficient (Wildman–Crippen LogP) is 2.50. The molecule has 0 rings (SSSR count). The number of rotatable bonds is 3. The van der Waals surface area contributed by atoms with E-state index in [1.807, 2.05) is 0 Å². The molecule has 0 aliphatic carbocycles. The molecule has 0 saturated heterocycles. The van der Waals surface area contributed by atoms with Crippen molar-refractivity contribution in [3.05, 3.63) is 0 Å². The van der Waals surface area contributed by atoms with E-state index in [-0.39, 0.29) is 5.04 Å². The summed E-state index contributed by atoms with van der Waals surface area (Å²) in [4.78, 5) is 0. The van der Waals surface area contributed by atoms with Gasteiger partial charge in [0.05, 0.1) is 0 Å². The van der Waals surface area contributed by atoms with Crippen molar-refractivity contribution in [2.24, 2.45) is 0 Å². The minimum Gasteiger partial charge on any atom is -0.397 e. The van der Waals surface area contributed by atoms with Crippen LogP contribution in [0.15, 0.2) is 0 Å². The van der Waals surface area contributed by atoms with E-state index in [9.17, 15) is 0 Å². The van der Waals surface area contributed by atoms with Crippen LogP contribution in [-0.4, -0.2) is 26.8 Å². The summed E-state index contributed by atoms with van der Waals surface area (Å²) in [5, 5.41) is 0.150. The molecule has 0 amide bonds. The SMILES string of the molecule is CO[Si](CI)(OC)C(C)(C)C. The van der Waals surface area contributed by atoms with E-state index in [4.69, 9.17) is 8.85 Å². The van der Waals surface area contributed by atoms with Crippen LogP contribution in [0.4, 0.5) is 0 Å². The summed E-state index contributed by atoms with van der Waals surface area (Å²) < 4.78 is 12.0. The molecule has 0 N–H and O–H groups in total. The normalized spacial score (nSPS) is 13.6. The maximum atomic E-state index is 5.51. The standard InChI is InChI=1S/C7H17IO2Si/c1-7(2,3)11(6-8,9-4)10-5/h6H2,1-5H3. The molecule has 68 valence electrons. The molecule has 0 unspecified atom stereocenters. The summed E-state index contributed by atoms with van der Waals surface area (Å²) in [6.45, 7) is 6.51. The lowest BCUT2D eigenvalue weighted by atomic mass is 10.3. The van der Waals surface area contributed by atoms with E-state index in [1.165, 1.54) is 0 Å². The van der Waals surface area contributed by atoms with Gasteiger partial charge in [-0.3, -0.25) is 0 Å². The Labute approximate surface area is 84.0 Å². The third kappa shape index (κ3) is 2.40. The summed E-state index contributed by atoms with van der Waals surface area (Å²) >= 11 is 2.34. The molecule has 0 aromatic carbocycles. The molecule has 4 heteroatoms. The van der Waals surface area contributed by atoms with Crippen LogP contribution in [0.3, 0.4) is 0 Å². The molecule has 2 nitrogen and oxygen atoms in total. The Morgan fingerprint density at radius 3 is 1.55 bits per heavy atom. The van der Waals surface area contributed by atoms with Gasteiger partial charge in [0.2, 0.25) is 0 Å². The van der Waals surface area contributed by atoms with Gasteiger partial charge in [0.25, 0.3) is 0 Å². The molecule has 0 aromatic heterocycles. The van der Waals surface area contributed by atoms with Crippen LogP contribution in [-0.2, 0) is 8.85 Å². The first-order valence-corrected chi connectivity index (χ1v) is 7.14. The largest absolute Gasteiger partial charge is 0.397 e. The van der Waals surface area contributed by atoms with Crippen LogP contribution in [0.1, 0.15) is 20.8 Å². The van der Waals surface area contributed by atoms with Crippen LogP contribution in [0.5, 0.6) is 0 Å². The maximum Gasteiger partial charge on any atom is 0.353 e. The van der Waals surface area contributed by atoms with Gasteiger partial charge in [-0.25, -0.2) is 0 Å². The molecular formula is C7H17IO2Si. The fourth-order valence-electron chi connectivity index (χ4n) is 1.01. The molecular weight excluding hydrogens is 271 g/mol. The highest BCUT2D eigenvalue weighted by Gasteiger charge is 2.46. The smallest absolute Gasteiger partial charge is 0.353 e. The average molecular weight is 288 g/mol. The molecule has 0 radical (unpaired) electrons. The second-order valence-electron chi connectivity index (χ2n) is 3.54. The zero-order valence-corrected chi connectivity index (χ0v) is 11.1. The van der Waals surface area contributed by atoms with Crippen LogP contribution in [0, 0.1) is 0 Å². The highest BCUT2D eigenvalue weighted by molar-refractivity contribution is 14.1. The first-order chi connectivity index (χ1) is 4.93. The molecule has 0 aromatic rings. The van der Waals surface area contributed by atoms with E-state index in [1.54, 1.807) is 14.2 Å². The molecule has 0 spiro atoms. The van der Waals surface area contributed by atoms with Crippen LogP contribution in [0.2, 0.25) is 5.04 Å². The number of hydrogen-bond donors (Lipinski definition) is 0. The Hall–Kier alpha value is 0.867. The van der Waals surface area contributed by atoms with E-state index in [0.29, 0.717) is 0 Å². The first-order valence-electron chi connectivity index (χ1n) is 3.60. The number of hydrogen-bond acceptors (Lipinski definition) is 2. The summed E-state index contributed by atoms with van der Waals surface area (Å²) in [6, 6.07) is 0. The van der Waals surface area contributed by atoms with Crippen molar-refractivity contribution in [1.82, 2.24) is 0 Å². The minimum atomic E-state index is -1.93. The van der Waals surface area contributed by atoms with Gasteiger partial charge < -0.3 is 8.85 Å². The summed E-state index contributed by atoms with van der Waals surface area (Å²) in [6.07, 6.45) is 0. The lowest BCUT2D eigenvalue weighted by Crippen LogP contribution is -2.50. The molecule has 0 atom stereocenters. The monoisotopic (exact) mass is 288 g/mol. The molecule has 0 saturated carbocycles. The van der Waals surface area contributed by atoms with Crippen molar-refractivity contribution in [2.75, 3.05) is 18.3 Å². The third-order valence-corrected chi connectivity index (χ3v) is 8.95. The lowest BCUT2D eigenvalue weighted by molar-refractivity contribution is 0.222. The van der Waals surface area contributed by atoms with E-state index >= 15 is 0 Å². The second-order valence-corrected chi connectivity index (χ2v) is 9.92. The first kappa shape index (κ1) is 11.9. The fourth-order valence-corrected chi connectivity index (χ4v) is 8.32. The van der Waals surface area contributed by atoms with Gasteiger partial charge in [0.1, 0.15) is 0 Å². The van der Waals surface area contributed by atoms with Crippen molar-refractivity contribution in [2.45, 2.75) is 25.8 Å². The van der Waals surface area contributed by atoms with E-state index in [2.05, 4.69) is 43.4 Å². The Morgan fingerprint density at radius 2 is 1.55 bits per heavy atom. The quantitative estimate of drug-likeness (QED) is 0.451. The van der Waals surface area contributed by atoms with Gasteiger partial charge in [-0.05, 0) is 0 Å². The van der Waals surface area contributed by atoms with Gasteiger partial charge in [0.15, 0.2) is 0 Å². The maximum absolute atomic E-state index is 5.51. The second kappa shape index (κ2) is 4.20. The van der Waals surface area contributed by atoms with Gasteiger partial charge in [-0.15, -0.1) is 0 Å². The van der Waals surface area contributed by atoms with Crippen molar-refractivity contribution in [1.29, 1.82) is 0 Å². The van der Waals surface area contributed by atoms with Crippen molar-refractivity contribution < 1.29 is 8.85 Å².